The maximum atomic E-state index is 12.3. The van der Waals surface area contributed by atoms with Crippen LogP contribution in [0.1, 0.15) is 27.4 Å². The largest absolute Gasteiger partial charge is 0.455 e. The predicted octanol–water partition coefficient (Wildman–Crippen LogP) is 3.90. The summed E-state index contributed by atoms with van der Waals surface area (Å²) in [5.74, 6) is 0.658. The SMILES string of the molecule is Cc1cc(C)n(-c2ccc(C(=O)OCc3coc(-c4ccccc4)n3)cn2)n1. The van der Waals surface area contributed by atoms with Gasteiger partial charge in [-0.25, -0.2) is 19.4 Å². The molecule has 0 amide bonds. The van der Waals surface area contributed by atoms with E-state index in [2.05, 4.69) is 15.1 Å². The van der Waals surface area contributed by atoms with Crippen molar-refractivity contribution in [2.24, 2.45) is 0 Å². The molecule has 3 heterocycles. The predicted molar refractivity (Wildman–Crippen MR) is 102 cm³/mol. The van der Waals surface area contributed by atoms with Crippen molar-refractivity contribution in [3.05, 3.63) is 83.6 Å². The molecular formula is C21H18N4O3. The molecule has 140 valence electrons. The first-order valence-corrected chi connectivity index (χ1v) is 8.77. The number of oxazole rings is 1. The van der Waals surface area contributed by atoms with Crippen LogP contribution in [0.3, 0.4) is 0 Å². The lowest BCUT2D eigenvalue weighted by Crippen LogP contribution is -2.08. The van der Waals surface area contributed by atoms with Crippen LogP contribution in [-0.4, -0.2) is 25.7 Å². The van der Waals surface area contributed by atoms with E-state index in [9.17, 15) is 4.79 Å². The molecule has 0 saturated carbocycles. The first-order chi connectivity index (χ1) is 13.6. The zero-order valence-electron chi connectivity index (χ0n) is 15.5. The van der Waals surface area contributed by atoms with Gasteiger partial charge in [0.2, 0.25) is 5.89 Å². The summed E-state index contributed by atoms with van der Waals surface area (Å²) in [6.07, 6.45) is 2.96. The topological polar surface area (TPSA) is 83.0 Å². The number of carbonyl (C=O) groups excluding carboxylic acids is 1. The molecule has 0 aliphatic heterocycles. The summed E-state index contributed by atoms with van der Waals surface area (Å²) >= 11 is 0. The summed E-state index contributed by atoms with van der Waals surface area (Å²) < 4.78 is 12.5. The van der Waals surface area contributed by atoms with Crippen LogP contribution >= 0.6 is 0 Å². The molecule has 0 N–H and O–H groups in total. The van der Waals surface area contributed by atoms with Gasteiger partial charge in [-0.05, 0) is 44.2 Å². The summed E-state index contributed by atoms with van der Waals surface area (Å²) in [5.41, 5.74) is 3.64. The van der Waals surface area contributed by atoms with E-state index in [1.807, 2.05) is 50.2 Å². The van der Waals surface area contributed by atoms with Crippen LogP contribution in [-0.2, 0) is 11.3 Å². The van der Waals surface area contributed by atoms with Gasteiger partial charge in [-0.15, -0.1) is 0 Å². The average molecular weight is 374 g/mol. The van der Waals surface area contributed by atoms with Crippen LogP contribution in [0.4, 0.5) is 0 Å². The molecule has 0 fully saturated rings. The zero-order chi connectivity index (χ0) is 19.5. The zero-order valence-corrected chi connectivity index (χ0v) is 15.5. The van der Waals surface area contributed by atoms with Gasteiger partial charge in [-0.2, -0.15) is 5.10 Å². The van der Waals surface area contributed by atoms with Crippen LogP contribution in [0.5, 0.6) is 0 Å². The lowest BCUT2D eigenvalue weighted by atomic mass is 10.2. The highest BCUT2D eigenvalue weighted by Gasteiger charge is 2.12. The number of nitrogens with zero attached hydrogens (tertiary/aromatic N) is 4. The van der Waals surface area contributed by atoms with E-state index >= 15 is 0 Å². The normalized spacial score (nSPS) is 10.8. The summed E-state index contributed by atoms with van der Waals surface area (Å²) in [6, 6.07) is 14.9. The van der Waals surface area contributed by atoms with Gasteiger partial charge >= 0.3 is 5.97 Å². The number of aryl methyl sites for hydroxylation is 2. The number of rotatable bonds is 5. The van der Waals surface area contributed by atoms with Gasteiger partial charge in [0, 0.05) is 17.5 Å². The Morgan fingerprint density at radius 3 is 2.64 bits per heavy atom. The van der Waals surface area contributed by atoms with Crippen LogP contribution in [0.25, 0.3) is 17.3 Å². The van der Waals surface area contributed by atoms with Gasteiger partial charge in [0.25, 0.3) is 0 Å². The van der Waals surface area contributed by atoms with Gasteiger partial charge in [0.15, 0.2) is 5.82 Å². The molecule has 0 spiro atoms. The van der Waals surface area contributed by atoms with Crippen molar-refractivity contribution < 1.29 is 13.9 Å². The molecule has 0 aliphatic rings. The highest BCUT2D eigenvalue weighted by molar-refractivity contribution is 5.89. The minimum atomic E-state index is -0.475. The minimum absolute atomic E-state index is 0.0222. The van der Waals surface area contributed by atoms with E-state index in [1.54, 1.807) is 16.8 Å². The van der Waals surface area contributed by atoms with Crippen molar-refractivity contribution >= 4 is 5.97 Å². The van der Waals surface area contributed by atoms with Crippen molar-refractivity contribution in [1.82, 2.24) is 19.7 Å². The monoisotopic (exact) mass is 374 g/mol. The Kier molecular flexibility index (Phi) is 4.72. The van der Waals surface area contributed by atoms with Crippen LogP contribution < -0.4 is 0 Å². The minimum Gasteiger partial charge on any atom is -0.455 e. The molecule has 0 aliphatic carbocycles. The maximum Gasteiger partial charge on any atom is 0.340 e. The first-order valence-electron chi connectivity index (χ1n) is 8.77. The molecule has 7 heteroatoms. The van der Waals surface area contributed by atoms with Crippen LogP contribution in [0.15, 0.2) is 65.4 Å². The lowest BCUT2D eigenvalue weighted by Gasteiger charge is -2.05. The molecule has 0 bridgehead atoms. The van der Waals surface area contributed by atoms with E-state index in [0.29, 0.717) is 23.0 Å². The smallest absolute Gasteiger partial charge is 0.340 e. The molecular weight excluding hydrogens is 356 g/mol. The van der Waals surface area contributed by atoms with Gasteiger partial charge in [-0.3, -0.25) is 0 Å². The molecule has 0 atom stereocenters. The van der Waals surface area contributed by atoms with Gasteiger partial charge < -0.3 is 9.15 Å². The Bertz CT molecular complexity index is 1100. The number of pyridine rings is 1. The van der Waals surface area contributed by atoms with E-state index in [1.165, 1.54) is 12.5 Å². The molecule has 4 rings (SSSR count). The molecule has 0 radical (unpaired) electrons. The van der Waals surface area contributed by atoms with E-state index in [-0.39, 0.29) is 6.61 Å². The third-order valence-corrected chi connectivity index (χ3v) is 4.13. The van der Waals surface area contributed by atoms with Gasteiger partial charge in [0.1, 0.15) is 18.6 Å². The molecule has 7 nitrogen and oxygen atoms in total. The number of aromatic nitrogens is 4. The number of carbonyl (C=O) groups is 1. The standard InChI is InChI=1S/C21H18N4O3/c1-14-10-15(2)25(24-14)19-9-8-17(11-22-19)21(26)28-13-18-12-27-20(23-18)16-6-4-3-5-7-16/h3-12H,13H2,1-2H3. The number of ether oxygens (including phenoxy) is 1. The van der Waals surface area contributed by atoms with E-state index in [4.69, 9.17) is 9.15 Å². The number of hydrogen-bond donors (Lipinski definition) is 0. The fourth-order valence-corrected chi connectivity index (χ4v) is 2.80. The summed E-state index contributed by atoms with van der Waals surface area (Å²) in [6.45, 7) is 3.89. The van der Waals surface area contributed by atoms with Crippen LogP contribution in [0, 0.1) is 13.8 Å². The summed E-state index contributed by atoms with van der Waals surface area (Å²) in [4.78, 5) is 20.9. The molecule has 0 saturated heterocycles. The maximum absolute atomic E-state index is 12.3. The first kappa shape index (κ1) is 17.7. The van der Waals surface area contributed by atoms with Crippen molar-refractivity contribution in [3.8, 4) is 17.3 Å². The highest BCUT2D eigenvalue weighted by atomic mass is 16.5. The second-order valence-electron chi connectivity index (χ2n) is 6.33. The Labute approximate surface area is 161 Å². The molecule has 1 aromatic carbocycles. The van der Waals surface area contributed by atoms with Gasteiger partial charge in [-0.1, -0.05) is 18.2 Å². The van der Waals surface area contributed by atoms with E-state index < -0.39 is 5.97 Å². The van der Waals surface area contributed by atoms with Crippen LogP contribution in [0.2, 0.25) is 0 Å². The summed E-state index contributed by atoms with van der Waals surface area (Å²) in [5, 5.41) is 4.38. The van der Waals surface area contributed by atoms with Crippen molar-refractivity contribution in [1.29, 1.82) is 0 Å². The fraction of sp³-hybridized carbons (Fsp3) is 0.143. The third-order valence-electron chi connectivity index (χ3n) is 4.13. The number of benzene rings is 1. The summed E-state index contributed by atoms with van der Waals surface area (Å²) in [7, 11) is 0. The second-order valence-corrected chi connectivity index (χ2v) is 6.33. The highest BCUT2D eigenvalue weighted by Crippen LogP contribution is 2.18. The quantitative estimate of drug-likeness (QED) is 0.493. The molecule has 28 heavy (non-hydrogen) atoms. The Balaban J connectivity index is 1.40. The van der Waals surface area contributed by atoms with Crippen molar-refractivity contribution in [3.63, 3.8) is 0 Å². The number of hydrogen-bond acceptors (Lipinski definition) is 6. The van der Waals surface area contributed by atoms with Gasteiger partial charge in [0.05, 0.1) is 11.3 Å². The molecule has 0 unspecified atom stereocenters. The lowest BCUT2D eigenvalue weighted by molar-refractivity contribution is 0.0467. The average Bonchev–Trinajstić information content (AvgIpc) is 3.33. The van der Waals surface area contributed by atoms with Crippen molar-refractivity contribution in [2.75, 3.05) is 0 Å². The van der Waals surface area contributed by atoms with E-state index in [0.717, 1.165) is 17.0 Å². The molecule has 4 aromatic rings. The van der Waals surface area contributed by atoms with Crippen molar-refractivity contribution in [2.45, 2.75) is 20.5 Å². The molecule has 3 aromatic heterocycles. The number of esters is 1. The fourth-order valence-electron chi connectivity index (χ4n) is 2.80. The Hall–Kier alpha value is -3.74. The Morgan fingerprint density at radius 2 is 1.96 bits per heavy atom. The Morgan fingerprint density at radius 1 is 1.14 bits per heavy atom. The third kappa shape index (κ3) is 3.68. The second kappa shape index (κ2) is 7.48.